The van der Waals surface area contributed by atoms with E-state index < -0.39 is 0 Å². The van der Waals surface area contributed by atoms with Crippen molar-refractivity contribution in [2.75, 3.05) is 18.0 Å². The SMILES string of the molecule is O=C(NCc1cccs1)c1ccc(N2CCCC2)cc1. The first-order valence-corrected chi connectivity index (χ1v) is 7.86. The topological polar surface area (TPSA) is 32.3 Å². The Morgan fingerprint density at radius 2 is 1.90 bits per heavy atom. The number of anilines is 1. The molecule has 3 nitrogen and oxygen atoms in total. The van der Waals surface area contributed by atoms with E-state index in [1.54, 1.807) is 11.3 Å². The van der Waals surface area contributed by atoms with Gasteiger partial charge in [0.25, 0.3) is 5.91 Å². The second-order valence-electron chi connectivity index (χ2n) is 5.00. The molecule has 0 aliphatic carbocycles. The Bertz CT molecular complexity index is 557. The van der Waals surface area contributed by atoms with Gasteiger partial charge in [0.2, 0.25) is 0 Å². The Hall–Kier alpha value is -1.81. The summed E-state index contributed by atoms with van der Waals surface area (Å²) in [5.74, 6) is -0.00799. The van der Waals surface area contributed by atoms with Gasteiger partial charge in [-0.3, -0.25) is 4.79 Å². The van der Waals surface area contributed by atoms with Gasteiger partial charge in [-0.25, -0.2) is 0 Å². The van der Waals surface area contributed by atoms with Crippen LogP contribution in [0.15, 0.2) is 41.8 Å². The molecule has 20 heavy (non-hydrogen) atoms. The van der Waals surface area contributed by atoms with Crippen LogP contribution in [0.2, 0.25) is 0 Å². The summed E-state index contributed by atoms with van der Waals surface area (Å²) in [6.45, 7) is 2.86. The molecule has 2 heterocycles. The monoisotopic (exact) mass is 286 g/mol. The molecule has 0 radical (unpaired) electrons. The summed E-state index contributed by atoms with van der Waals surface area (Å²) in [5.41, 5.74) is 1.95. The highest BCUT2D eigenvalue weighted by Gasteiger charge is 2.13. The van der Waals surface area contributed by atoms with E-state index in [1.165, 1.54) is 23.4 Å². The fraction of sp³-hybridized carbons (Fsp3) is 0.312. The number of carbonyl (C=O) groups excluding carboxylic acids is 1. The van der Waals surface area contributed by atoms with Crippen LogP contribution in [0.1, 0.15) is 28.1 Å². The van der Waals surface area contributed by atoms with Crippen molar-refractivity contribution in [2.24, 2.45) is 0 Å². The standard InChI is InChI=1S/C16H18N2OS/c19-16(17-12-15-4-3-11-20-15)13-5-7-14(8-6-13)18-9-1-2-10-18/h3-8,11H,1-2,9-10,12H2,(H,17,19). The van der Waals surface area contributed by atoms with Gasteiger partial charge in [-0.05, 0) is 48.6 Å². The summed E-state index contributed by atoms with van der Waals surface area (Å²) in [6, 6.07) is 11.9. The van der Waals surface area contributed by atoms with Crippen LogP contribution < -0.4 is 10.2 Å². The molecule has 0 saturated carbocycles. The Labute approximate surface area is 123 Å². The molecule has 0 atom stereocenters. The van der Waals surface area contributed by atoms with Crippen LogP contribution in [0.5, 0.6) is 0 Å². The van der Waals surface area contributed by atoms with Crippen molar-refractivity contribution in [1.82, 2.24) is 5.32 Å². The average Bonchev–Trinajstić information content (AvgIpc) is 3.18. The molecule has 1 amide bonds. The Morgan fingerprint density at radius 1 is 1.15 bits per heavy atom. The Balaban J connectivity index is 1.60. The number of hydrogen-bond donors (Lipinski definition) is 1. The number of rotatable bonds is 4. The maximum absolute atomic E-state index is 12.1. The first kappa shape index (κ1) is 13.2. The van der Waals surface area contributed by atoms with Gasteiger partial charge in [0, 0.05) is 29.2 Å². The van der Waals surface area contributed by atoms with E-state index in [0.717, 1.165) is 18.7 Å². The largest absolute Gasteiger partial charge is 0.372 e. The van der Waals surface area contributed by atoms with Crippen LogP contribution in [0.3, 0.4) is 0 Å². The summed E-state index contributed by atoms with van der Waals surface area (Å²) in [7, 11) is 0. The van der Waals surface area contributed by atoms with Crippen LogP contribution >= 0.6 is 11.3 Å². The van der Waals surface area contributed by atoms with Gasteiger partial charge in [0.1, 0.15) is 0 Å². The summed E-state index contributed by atoms with van der Waals surface area (Å²) < 4.78 is 0. The van der Waals surface area contributed by atoms with E-state index in [1.807, 2.05) is 41.8 Å². The zero-order valence-electron chi connectivity index (χ0n) is 11.3. The maximum Gasteiger partial charge on any atom is 0.251 e. The van der Waals surface area contributed by atoms with E-state index in [-0.39, 0.29) is 5.91 Å². The minimum Gasteiger partial charge on any atom is -0.372 e. The zero-order chi connectivity index (χ0) is 13.8. The molecular weight excluding hydrogens is 268 g/mol. The van der Waals surface area contributed by atoms with Gasteiger partial charge in [0.05, 0.1) is 6.54 Å². The molecule has 1 aliphatic rings. The second-order valence-corrected chi connectivity index (χ2v) is 6.04. The summed E-state index contributed by atoms with van der Waals surface area (Å²) in [5, 5.41) is 4.97. The molecular formula is C16H18N2OS. The van der Waals surface area contributed by atoms with Gasteiger partial charge >= 0.3 is 0 Å². The van der Waals surface area contributed by atoms with Crippen LogP contribution in [-0.4, -0.2) is 19.0 Å². The third kappa shape index (κ3) is 3.02. The predicted octanol–water partition coefficient (Wildman–Crippen LogP) is 3.28. The fourth-order valence-electron chi connectivity index (χ4n) is 2.48. The highest BCUT2D eigenvalue weighted by molar-refractivity contribution is 7.09. The van der Waals surface area contributed by atoms with E-state index in [4.69, 9.17) is 0 Å². The van der Waals surface area contributed by atoms with Gasteiger partial charge in [-0.2, -0.15) is 0 Å². The lowest BCUT2D eigenvalue weighted by molar-refractivity contribution is 0.0951. The number of nitrogens with one attached hydrogen (secondary N) is 1. The van der Waals surface area contributed by atoms with Gasteiger partial charge < -0.3 is 10.2 Å². The minimum atomic E-state index is -0.00799. The quantitative estimate of drug-likeness (QED) is 0.935. The van der Waals surface area contributed by atoms with Crippen molar-refractivity contribution < 1.29 is 4.79 Å². The highest BCUT2D eigenvalue weighted by atomic mass is 32.1. The molecule has 1 aliphatic heterocycles. The van der Waals surface area contributed by atoms with Crippen molar-refractivity contribution in [3.05, 3.63) is 52.2 Å². The molecule has 2 aromatic rings. The first-order valence-electron chi connectivity index (χ1n) is 6.98. The van der Waals surface area contributed by atoms with Gasteiger partial charge in [-0.1, -0.05) is 6.07 Å². The number of hydrogen-bond acceptors (Lipinski definition) is 3. The van der Waals surface area contributed by atoms with Crippen molar-refractivity contribution in [3.63, 3.8) is 0 Å². The molecule has 1 saturated heterocycles. The molecule has 1 aromatic heterocycles. The third-order valence-electron chi connectivity index (χ3n) is 3.60. The highest BCUT2D eigenvalue weighted by Crippen LogP contribution is 2.20. The van der Waals surface area contributed by atoms with E-state index in [2.05, 4.69) is 10.2 Å². The third-order valence-corrected chi connectivity index (χ3v) is 4.48. The van der Waals surface area contributed by atoms with Crippen LogP contribution in [0.4, 0.5) is 5.69 Å². The van der Waals surface area contributed by atoms with Crippen molar-refractivity contribution in [3.8, 4) is 0 Å². The smallest absolute Gasteiger partial charge is 0.251 e. The normalized spacial score (nSPS) is 14.5. The summed E-state index contributed by atoms with van der Waals surface area (Å²) >= 11 is 1.66. The summed E-state index contributed by atoms with van der Waals surface area (Å²) in [6.07, 6.45) is 2.53. The molecule has 4 heteroatoms. The first-order chi connectivity index (χ1) is 9.83. The van der Waals surface area contributed by atoms with Gasteiger partial charge in [0.15, 0.2) is 0 Å². The number of nitrogens with zero attached hydrogens (tertiary/aromatic N) is 1. The van der Waals surface area contributed by atoms with Crippen LogP contribution in [0.25, 0.3) is 0 Å². The lowest BCUT2D eigenvalue weighted by Gasteiger charge is -2.17. The molecule has 1 fully saturated rings. The van der Waals surface area contributed by atoms with Crippen LogP contribution in [0, 0.1) is 0 Å². The van der Waals surface area contributed by atoms with Crippen molar-refractivity contribution >= 4 is 22.9 Å². The number of carbonyl (C=O) groups is 1. The molecule has 0 bridgehead atoms. The number of benzene rings is 1. The molecule has 0 unspecified atom stereocenters. The minimum absolute atomic E-state index is 0.00799. The van der Waals surface area contributed by atoms with E-state index >= 15 is 0 Å². The zero-order valence-corrected chi connectivity index (χ0v) is 12.2. The molecule has 1 N–H and O–H groups in total. The van der Waals surface area contributed by atoms with Crippen LogP contribution in [-0.2, 0) is 6.54 Å². The van der Waals surface area contributed by atoms with E-state index in [0.29, 0.717) is 6.54 Å². The maximum atomic E-state index is 12.1. The average molecular weight is 286 g/mol. The second kappa shape index (κ2) is 6.09. The summed E-state index contributed by atoms with van der Waals surface area (Å²) in [4.78, 5) is 15.6. The van der Waals surface area contributed by atoms with E-state index in [9.17, 15) is 4.79 Å². The number of thiophene rings is 1. The predicted molar refractivity (Wildman–Crippen MR) is 83.4 cm³/mol. The number of amides is 1. The van der Waals surface area contributed by atoms with Gasteiger partial charge in [-0.15, -0.1) is 11.3 Å². The molecule has 3 rings (SSSR count). The van der Waals surface area contributed by atoms with Crippen molar-refractivity contribution in [2.45, 2.75) is 19.4 Å². The molecule has 104 valence electrons. The molecule has 0 spiro atoms. The Kier molecular flexibility index (Phi) is 4.02. The lowest BCUT2D eigenvalue weighted by Crippen LogP contribution is -2.22. The van der Waals surface area contributed by atoms with Crippen molar-refractivity contribution in [1.29, 1.82) is 0 Å². The Morgan fingerprint density at radius 3 is 2.55 bits per heavy atom. The molecule has 1 aromatic carbocycles. The lowest BCUT2D eigenvalue weighted by atomic mass is 10.2. The fourth-order valence-corrected chi connectivity index (χ4v) is 3.13.